The molecule has 4 heteroatoms. The topological polar surface area (TPSA) is 41.6 Å². The van der Waals surface area contributed by atoms with E-state index in [4.69, 9.17) is 4.74 Å². The fourth-order valence-electron chi connectivity index (χ4n) is 3.10. The highest BCUT2D eigenvalue weighted by atomic mass is 16.5. The van der Waals surface area contributed by atoms with Gasteiger partial charge in [-0.2, -0.15) is 0 Å². The summed E-state index contributed by atoms with van der Waals surface area (Å²) in [7, 11) is 4.20. The predicted molar refractivity (Wildman–Crippen MR) is 117 cm³/mol. The summed E-state index contributed by atoms with van der Waals surface area (Å²) in [6, 6.07) is 0. The summed E-state index contributed by atoms with van der Waals surface area (Å²) in [5.41, 5.74) is 0. The van der Waals surface area contributed by atoms with Crippen molar-refractivity contribution in [3.8, 4) is 0 Å². The van der Waals surface area contributed by atoms with Crippen LogP contribution in [0.4, 0.5) is 0 Å². The number of nitrogens with one attached hydrogen (secondary N) is 1. The molecular weight excluding hydrogens is 336 g/mol. The average Bonchev–Trinajstić information content (AvgIpc) is 2.61. The van der Waals surface area contributed by atoms with Crippen LogP contribution < -0.4 is 5.32 Å². The molecule has 0 aliphatic heterocycles. The molecule has 0 fully saturated rings. The third-order valence-electron chi connectivity index (χ3n) is 4.91. The second kappa shape index (κ2) is 20.1. The Morgan fingerprint density at radius 3 is 2.07 bits per heavy atom. The zero-order chi connectivity index (χ0) is 20.2. The van der Waals surface area contributed by atoms with E-state index in [0.717, 1.165) is 44.8 Å². The van der Waals surface area contributed by atoms with Crippen LogP contribution in [-0.4, -0.2) is 51.2 Å². The molecule has 0 aromatic rings. The second-order valence-electron chi connectivity index (χ2n) is 8.60. The van der Waals surface area contributed by atoms with Gasteiger partial charge in [-0.1, -0.05) is 71.6 Å². The molecule has 1 N–H and O–H groups in total. The Morgan fingerprint density at radius 2 is 1.41 bits per heavy atom. The molecular formula is C23H48N2O2. The smallest absolute Gasteiger partial charge is 0.305 e. The molecule has 0 aromatic heterocycles. The monoisotopic (exact) mass is 384 g/mol. The Bertz CT molecular complexity index is 320. The van der Waals surface area contributed by atoms with Crippen LogP contribution in [0.2, 0.25) is 0 Å². The SMILES string of the molecule is CC(C)CCCCCCCCOC(=O)CCCCCCCNCCN(C)C. The van der Waals surface area contributed by atoms with Crippen molar-refractivity contribution in [2.75, 3.05) is 40.3 Å². The fourth-order valence-corrected chi connectivity index (χ4v) is 3.10. The Balaban J connectivity index is 3.18. The van der Waals surface area contributed by atoms with Gasteiger partial charge < -0.3 is 15.0 Å². The van der Waals surface area contributed by atoms with Crippen LogP contribution in [0.25, 0.3) is 0 Å². The molecule has 162 valence electrons. The first-order valence-electron chi connectivity index (χ1n) is 11.5. The lowest BCUT2D eigenvalue weighted by atomic mass is 10.0. The predicted octanol–water partition coefficient (Wildman–Crippen LogP) is 5.41. The van der Waals surface area contributed by atoms with Gasteiger partial charge in [0, 0.05) is 19.5 Å². The van der Waals surface area contributed by atoms with Crippen LogP contribution in [-0.2, 0) is 9.53 Å². The Labute approximate surface area is 169 Å². The third-order valence-corrected chi connectivity index (χ3v) is 4.91. The highest BCUT2D eigenvalue weighted by Crippen LogP contribution is 2.11. The molecule has 0 saturated heterocycles. The molecule has 0 atom stereocenters. The van der Waals surface area contributed by atoms with Gasteiger partial charge in [-0.15, -0.1) is 0 Å². The molecule has 0 aliphatic rings. The van der Waals surface area contributed by atoms with Gasteiger partial charge in [0.2, 0.25) is 0 Å². The van der Waals surface area contributed by atoms with E-state index in [9.17, 15) is 4.79 Å². The highest BCUT2D eigenvalue weighted by Gasteiger charge is 2.02. The number of rotatable bonds is 20. The van der Waals surface area contributed by atoms with Gasteiger partial charge in [0.05, 0.1) is 6.61 Å². The van der Waals surface area contributed by atoms with E-state index in [1.165, 1.54) is 57.8 Å². The van der Waals surface area contributed by atoms with Crippen molar-refractivity contribution < 1.29 is 9.53 Å². The van der Waals surface area contributed by atoms with E-state index < -0.39 is 0 Å². The van der Waals surface area contributed by atoms with Gasteiger partial charge >= 0.3 is 5.97 Å². The quantitative estimate of drug-likeness (QED) is 0.225. The first kappa shape index (κ1) is 26.4. The van der Waals surface area contributed by atoms with Crippen molar-refractivity contribution >= 4 is 5.97 Å². The Kier molecular flexibility index (Phi) is 19.7. The first-order chi connectivity index (χ1) is 13.0. The fraction of sp³-hybridized carbons (Fsp3) is 0.957. The number of ether oxygens (including phenoxy) is 1. The number of hydrogen-bond donors (Lipinski definition) is 1. The van der Waals surface area contributed by atoms with Crippen LogP contribution in [0.1, 0.15) is 97.3 Å². The molecule has 0 bridgehead atoms. The second-order valence-corrected chi connectivity index (χ2v) is 8.60. The lowest BCUT2D eigenvalue weighted by Gasteiger charge is -2.10. The summed E-state index contributed by atoms with van der Waals surface area (Å²) in [5, 5.41) is 3.46. The summed E-state index contributed by atoms with van der Waals surface area (Å²) in [6.45, 7) is 8.47. The number of unbranched alkanes of at least 4 members (excludes halogenated alkanes) is 9. The van der Waals surface area contributed by atoms with Gasteiger partial charge in [0.1, 0.15) is 0 Å². The van der Waals surface area contributed by atoms with Crippen molar-refractivity contribution in [2.45, 2.75) is 97.3 Å². The van der Waals surface area contributed by atoms with Crippen LogP contribution >= 0.6 is 0 Å². The average molecular weight is 385 g/mol. The number of carbonyl (C=O) groups excluding carboxylic acids is 1. The zero-order valence-corrected chi connectivity index (χ0v) is 18.9. The summed E-state index contributed by atoms with van der Waals surface area (Å²) in [4.78, 5) is 13.9. The highest BCUT2D eigenvalue weighted by molar-refractivity contribution is 5.69. The van der Waals surface area contributed by atoms with Crippen molar-refractivity contribution in [1.82, 2.24) is 10.2 Å². The van der Waals surface area contributed by atoms with Crippen LogP contribution in [0.3, 0.4) is 0 Å². The first-order valence-corrected chi connectivity index (χ1v) is 11.5. The van der Waals surface area contributed by atoms with Crippen LogP contribution in [0, 0.1) is 5.92 Å². The molecule has 0 saturated carbocycles. The minimum atomic E-state index is -0.00251. The van der Waals surface area contributed by atoms with E-state index >= 15 is 0 Å². The van der Waals surface area contributed by atoms with Gasteiger partial charge in [0.15, 0.2) is 0 Å². The molecule has 0 aliphatic carbocycles. The molecule has 27 heavy (non-hydrogen) atoms. The van der Waals surface area contributed by atoms with Crippen LogP contribution in [0.5, 0.6) is 0 Å². The van der Waals surface area contributed by atoms with Gasteiger partial charge in [0.25, 0.3) is 0 Å². The van der Waals surface area contributed by atoms with E-state index in [2.05, 4.69) is 38.2 Å². The number of hydrogen-bond acceptors (Lipinski definition) is 4. The molecule has 0 rings (SSSR count). The molecule has 4 nitrogen and oxygen atoms in total. The van der Waals surface area contributed by atoms with Crippen molar-refractivity contribution in [3.05, 3.63) is 0 Å². The van der Waals surface area contributed by atoms with Gasteiger partial charge in [-0.05, 0) is 45.8 Å². The minimum Gasteiger partial charge on any atom is -0.466 e. The summed E-state index contributed by atoms with van der Waals surface area (Å²) < 4.78 is 5.34. The van der Waals surface area contributed by atoms with E-state index in [0.29, 0.717) is 13.0 Å². The van der Waals surface area contributed by atoms with E-state index in [1.807, 2.05) is 0 Å². The maximum Gasteiger partial charge on any atom is 0.305 e. The molecule has 0 aromatic carbocycles. The van der Waals surface area contributed by atoms with E-state index in [-0.39, 0.29) is 5.97 Å². The van der Waals surface area contributed by atoms with Crippen molar-refractivity contribution in [3.63, 3.8) is 0 Å². The normalized spacial score (nSPS) is 11.5. The lowest BCUT2D eigenvalue weighted by molar-refractivity contribution is -0.143. The number of esters is 1. The molecule has 0 radical (unpaired) electrons. The summed E-state index contributed by atoms with van der Waals surface area (Å²) >= 11 is 0. The van der Waals surface area contributed by atoms with Gasteiger partial charge in [-0.25, -0.2) is 0 Å². The number of carbonyl (C=O) groups is 1. The van der Waals surface area contributed by atoms with Crippen molar-refractivity contribution in [1.29, 1.82) is 0 Å². The minimum absolute atomic E-state index is 0.00251. The Hall–Kier alpha value is -0.610. The molecule has 0 heterocycles. The largest absolute Gasteiger partial charge is 0.466 e. The van der Waals surface area contributed by atoms with E-state index in [1.54, 1.807) is 0 Å². The van der Waals surface area contributed by atoms with Gasteiger partial charge in [-0.3, -0.25) is 4.79 Å². The standard InChI is InChI=1S/C23H48N2O2/c1-22(2)16-12-8-5-6-11-15-21-27-23(26)17-13-9-7-10-14-18-24-19-20-25(3)4/h22,24H,5-21H2,1-4H3. The Morgan fingerprint density at radius 1 is 0.815 bits per heavy atom. The maximum atomic E-state index is 11.7. The summed E-state index contributed by atoms with van der Waals surface area (Å²) in [5.74, 6) is 0.830. The van der Waals surface area contributed by atoms with Crippen LogP contribution in [0.15, 0.2) is 0 Å². The molecule has 0 unspecified atom stereocenters. The third kappa shape index (κ3) is 23.4. The molecule has 0 amide bonds. The lowest BCUT2D eigenvalue weighted by Crippen LogP contribution is -2.27. The van der Waals surface area contributed by atoms with Crippen molar-refractivity contribution in [2.24, 2.45) is 5.92 Å². The summed E-state index contributed by atoms with van der Waals surface area (Å²) in [6.07, 6.45) is 15.3. The zero-order valence-electron chi connectivity index (χ0n) is 18.9. The maximum absolute atomic E-state index is 11.7. The number of likely N-dealkylation sites (N-methyl/N-ethyl adjacent to an activating group) is 1. The number of nitrogens with zero attached hydrogens (tertiary/aromatic N) is 1. The molecule has 0 spiro atoms.